The van der Waals surface area contributed by atoms with E-state index >= 15 is 0 Å². The molecule has 1 aromatic rings. The molecule has 1 aromatic heterocycles. The van der Waals surface area contributed by atoms with E-state index in [0.29, 0.717) is 0 Å². The molecule has 1 atom stereocenters. The summed E-state index contributed by atoms with van der Waals surface area (Å²) < 4.78 is 0. The Balaban J connectivity index is 2.35. The lowest BCUT2D eigenvalue weighted by atomic mass is 9.98. The van der Waals surface area contributed by atoms with E-state index in [1.807, 2.05) is 12.4 Å². The van der Waals surface area contributed by atoms with Gasteiger partial charge in [-0.25, -0.2) is 0 Å². The van der Waals surface area contributed by atoms with E-state index in [4.69, 9.17) is 0 Å². The molecule has 84 valence electrons. The first-order chi connectivity index (χ1) is 7.11. The van der Waals surface area contributed by atoms with E-state index in [9.17, 15) is 0 Å². The van der Waals surface area contributed by atoms with Crippen LogP contribution >= 0.6 is 0 Å². The Labute approximate surface area is 93.1 Å². The molecule has 0 amide bonds. The average molecular weight is 206 g/mol. The van der Waals surface area contributed by atoms with Gasteiger partial charge in [0.05, 0.1) is 0 Å². The van der Waals surface area contributed by atoms with Crippen LogP contribution in [0.15, 0.2) is 18.5 Å². The molecule has 0 aromatic carbocycles. The zero-order valence-corrected chi connectivity index (χ0v) is 10.2. The highest BCUT2D eigenvalue weighted by atomic mass is 14.9. The van der Waals surface area contributed by atoms with Gasteiger partial charge in [-0.3, -0.25) is 4.98 Å². The van der Waals surface area contributed by atoms with Crippen molar-refractivity contribution < 1.29 is 0 Å². The van der Waals surface area contributed by atoms with Crippen molar-refractivity contribution in [3.05, 3.63) is 29.6 Å². The summed E-state index contributed by atoms with van der Waals surface area (Å²) in [6.45, 7) is 10.9. The number of pyridine rings is 1. The van der Waals surface area contributed by atoms with E-state index in [1.54, 1.807) is 0 Å². The minimum Gasteiger partial charge on any atom is -0.312 e. The monoisotopic (exact) mass is 206 g/mol. The Bertz CT molecular complexity index is 294. The van der Waals surface area contributed by atoms with Crippen molar-refractivity contribution in [3.8, 4) is 0 Å². The van der Waals surface area contributed by atoms with Gasteiger partial charge in [0.1, 0.15) is 0 Å². The maximum atomic E-state index is 4.14. The average Bonchev–Trinajstić information content (AvgIpc) is 2.20. The molecule has 0 aliphatic heterocycles. The normalized spacial score (nSPS) is 13.1. The third-order valence-electron chi connectivity index (χ3n) is 3.07. The Morgan fingerprint density at radius 1 is 1.33 bits per heavy atom. The van der Waals surface area contributed by atoms with Crippen LogP contribution in [0.3, 0.4) is 0 Å². The van der Waals surface area contributed by atoms with Gasteiger partial charge >= 0.3 is 0 Å². The molecule has 0 saturated heterocycles. The minimum absolute atomic E-state index is 0.724. The first kappa shape index (κ1) is 12.2. The van der Waals surface area contributed by atoms with Crippen LogP contribution in [-0.2, 0) is 6.54 Å². The number of hydrogen-bond donors (Lipinski definition) is 1. The van der Waals surface area contributed by atoms with Crippen molar-refractivity contribution in [1.29, 1.82) is 0 Å². The zero-order chi connectivity index (χ0) is 11.3. The fourth-order valence-corrected chi connectivity index (χ4v) is 1.35. The number of aromatic nitrogens is 1. The number of nitrogens with one attached hydrogen (secondary N) is 1. The summed E-state index contributed by atoms with van der Waals surface area (Å²) in [5.41, 5.74) is 2.61. The summed E-state index contributed by atoms with van der Waals surface area (Å²) in [6.07, 6.45) is 3.79. The van der Waals surface area contributed by atoms with Crippen LogP contribution in [0, 0.1) is 18.8 Å². The maximum Gasteiger partial charge on any atom is 0.0315 e. The topological polar surface area (TPSA) is 24.9 Å². The van der Waals surface area contributed by atoms with Gasteiger partial charge < -0.3 is 5.32 Å². The van der Waals surface area contributed by atoms with E-state index in [1.165, 1.54) is 11.1 Å². The summed E-state index contributed by atoms with van der Waals surface area (Å²) in [5, 5.41) is 3.48. The van der Waals surface area contributed by atoms with Gasteiger partial charge in [-0.05, 0) is 42.5 Å². The molecule has 0 bridgehead atoms. The van der Waals surface area contributed by atoms with Gasteiger partial charge in [-0.15, -0.1) is 0 Å². The van der Waals surface area contributed by atoms with Gasteiger partial charge in [0, 0.05) is 18.9 Å². The summed E-state index contributed by atoms with van der Waals surface area (Å²) >= 11 is 0. The highest BCUT2D eigenvalue weighted by molar-refractivity contribution is 5.20. The molecule has 0 aliphatic carbocycles. The van der Waals surface area contributed by atoms with Gasteiger partial charge in [0.15, 0.2) is 0 Å². The van der Waals surface area contributed by atoms with Crippen LogP contribution < -0.4 is 5.32 Å². The second-order valence-corrected chi connectivity index (χ2v) is 4.65. The van der Waals surface area contributed by atoms with Crippen LogP contribution in [0.5, 0.6) is 0 Å². The van der Waals surface area contributed by atoms with Crippen molar-refractivity contribution in [2.45, 2.75) is 34.2 Å². The van der Waals surface area contributed by atoms with E-state index in [0.717, 1.165) is 24.9 Å². The van der Waals surface area contributed by atoms with Gasteiger partial charge in [-0.2, -0.15) is 0 Å². The fraction of sp³-hybridized carbons (Fsp3) is 0.615. The minimum atomic E-state index is 0.724. The highest BCUT2D eigenvalue weighted by Gasteiger charge is 2.06. The fourth-order valence-electron chi connectivity index (χ4n) is 1.35. The van der Waals surface area contributed by atoms with Crippen LogP contribution in [0.1, 0.15) is 31.9 Å². The van der Waals surface area contributed by atoms with Crippen LogP contribution in [-0.4, -0.2) is 11.5 Å². The van der Waals surface area contributed by atoms with Gasteiger partial charge in [0.25, 0.3) is 0 Å². The number of hydrogen-bond acceptors (Lipinski definition) is 2. The molecule has 0 aliphatic rings. The van der Waals surface area contributed by atoms with Crippen LogP contribution in [0.2, 0.25) is 0 Å². The van der Waals surface area contributed by atoms with E-state index in [2.05, 4.69) is 44.1 Å². The summed E-state index contributed by atoms with van der Waals surface area (Å²) in [4.78, 5) is 4.14. The van der Waals surface area contributed by atoms with Gasteiger partial charge in [-0.1, -0.05) is 20.8 Å². The molecule has 0 radical (unpaired) electrons. The quantitative estimate of drug-likeness (QED) is 0.801. The molecule has 1 rings (SSSR count). The first-order valence-electron chi connectivity index (χ1n) is 5.71. The molecular formula is C13H22N2. The lowest BCUT2D eigenvalue weighted by Gasteiger charge is -2.16. The van der Waals surface area contributed by atoms with E-state index < -0.39 is 0 Å². The number of aryl methyl sites for hydroxylation is 1. The maximum absolute atomic E-state index is 4.14. The lowest BCUT2D eigenvalue weighted by Crippen LogP contribution is -2.24. The van der Waals surface area contributed by atoms with Crippen molar-refractivity contribution in [2.24, 2.45) is 11.8 Å². The number of rotatable bonds is 5. The molecule has 0 spiro atoms. The lowest BCUT2D eigenvalue weighted by molar-refractivity contribution is 0.392. The van der Waals surface area contributed by atoms with Crippen LogP contribution in [0.4, 0.5) is 0 Å². The third-order valence-corrected chi connectivity index (χ3v) is 3.07. The first-order valence-corrected chi connectivity index (χ1v) is 5.71. The molecule has 1 heterocycles. The molecule has 2 nitrogen and oxygen atoms in total. The summed E-state index contributed by atoms with van der Waals surface area (Å²) in [5.74, 6) is 1.47. The van der Waals surface area contributed by atoms with Crippen LogP contribution in [0.25, 0.3) is 0 Å². The van der Waals surface area contributed by atoms with Crippen molar-refractivity contribution in [2.75, 3.05) is 6.54 Å². The smallest absolute Gasteiger partial charge is 0.0315 e. The van der Waals surface area contributed by atoms with Crippen molar-refractivity contribution in [1.82, 2.24) is 10.3 Å². The van der Waals surface area contributed by atoms with Crippen molar-refractivity contribution in [3.63, 3.8) is 0 Å². The number of nitrogens with zero attached hydrogens (tertiary/aromatic N) is 1. The predicted octanol–water partition coefficient (Wildman–Crippen LogP) is 2.77. The Morgan fingerprint density at radius 3 is 2.67 bits per heavy atom. The zero-order valence-electron chi connectivity index (χ0n) is 10.2. The Kier molecular flexibility index (Phi) is 4.76. The molecule has 0 saturated carbocycles. The Morgan fingerprint density at radius 2 is 2.07 bits per heavy atom. The molecule has 1 unspecified atom stereocenters. The van der Waals surface area contributed by atoms with Gasteiger partial charge in [0.2, 0.25) is 0 Å². The molecule has 15 heavy (non-hydrogen) atoms. The molecule has 2 heteroatoms. The third kappa shape index (κ3) is 4.00. The SMILES string of the molecule is Cc1ccncc1CNCC(C)C(C)C. The molecule has 1 N–H and O–H groups in total. The Hall–Kier alpha value is -0.890. The van der Waals surface area contributed by atoms with Crippen molar-refractivity contribution >= 4 is 0 Å². The molecular weight excluding hydrogens is 184 g/mol. The summed E-state index contributed by atoms with van der Waals surface area (Å²) in [6, 6.07) is 2.06. The molecule has 0 fully saturated rings. The summed E-state index contributed by atoms with van der Waals surface area (Å²) in [7, 11) is 0. The second-order valence-electron chi connectivity index (χ2n) is 4.65. The second kappa shape index (κ2) is 5.86. The predicted molar refractivity (Wildman–Crippen MR) is 64.7 cm³/mol. The van der Waals surface area contributed by atoms with E-state index in [-0.39, 0.29) is 0 Å². The standard InChI is InChI=1S/C13H22N2/c1-10(2)12(4)7-15-9-13-8-14-6-5-11(13)3/h5-6,8,10,12,15H,7,9H2,1-4H3. The highest BCUT2D eigenvalue weighted by Crippen LogP contribution is 2.09. The largest absolute Gasteiger partial charge is 0.312 e.